The van der Waals surface area contributed by atoms with E-state index in [1.54, 1.807) is 30.5 Å². The van der Waals surface area contributed by atoms with Crippen LogP contribution >= 0.6 is 0 Å². The van der Waals surface area contributed by atoms with E-state index < -0.39 is 0 Å². The van der Waals surface area contributed by atoms with Crippen molar-refractivity contribution in [1.29, 1.82) is 0 Å². The second-order valence-corrected chi connectivity index (χ2v) is 8.68. The molecule has 0 radical (unpaired) electrons. The number of anilines is 1. The van der Waals surface area contributed by atoms with Gasteiger partial charge in [-0.1, -0.05) is 6.92 Å². The third kappa shape index (κ3) is 3.64. The standard InChI is InChI=1S/C24H27N5O3/c1-16-5-9-27(15-16)23(30)18-12-17-4-3-8-28(22(17)25-14-18)19-6-10-29-21(13-19)26-20(24(29)31)7-11-32-2/h6-7,10,12-14,16H,3-5,8-9,11,15H2,1-2H3/b20-7+/t16-/m0/s1. The van der Waals surface area contributed by atoms with Crippen molar-refractivity contribution < 1.29 is 14.3 Å². The molecule has 0 saturated carbocycles. The van der Waals surface area contributed by atoms with E-state index in [4.69, 9.17) is 9.72 Å². The quantitative estimate of drug-likeness (QED) is 0.682. The van der Waals surface area contributed by atoms with Gasteiger partial charge in [0.15, 0.2) is 0 Å². The molecular weight excluding hydrogens is 406 g/mol. The van der Waals surface area contributed by atoms with Crippen LogP contribution in [0, 0.1) is 5.92 Å². The first-order valence-corrected chi connectivity index (χ1v) is 11.1. The Balaban J connectivity index is 1.40. The number of aliphatic imine (C=N–C) groups is 1. The van der Waals surface area contributed by atoms with Crippen molar-refractivity contribution in [2.45, 2.75) is 26.2 Å². The van der Waals surface area contributed by atoms with Gasteiger partial charge in [0.1, 0.15) is 17.4 Å². The fourth-order valence-electron chi connectivity index (χ4n) is 4.63. The highest BCUT2D eigenvalue weighted by Crippen LogP contribution is 2.32. The average molecular weight is 434 g/mol. The van der Waals surface area contributed by atoms with Gasteiger partial charge in [0.2, 0.25) is 0 Å². The number of carbonyl (C=O) groups is 2. The number of rotatable bonds is 4. The number of methoxy groups -OCH3 is 1. The molecular formula is C24H27N5O3. The number of aryl methyl sites for hydroxylation is 1. The predicted octanol–water partition coefficient (Wildman–Crippen LogP) is 2.50. The fraction of sp³-hybridized carbons (Fsp3) is 0.417. The maximum atomic E-state index is 12.9. The topological polar surface area (TPSA) is 78.3 Å². The molecule has 1 fully saturated rings. The molecule has 166 valence electrons. The Morgan fingerprint density at radius 3 is 3.00 bits per heavy atom. The molecule has 4 aliphatic rings. The van der Waals surface area contributed by atoms with Crippen LogP contribution in [0.15, 0.2) is 53.1 Å². The van der Waals surface area contributed by atoms with E-state index in [1.165, 1.54) is 0 Å². The average Bonchev–Trinajstić information content (AvgIpc) is 3.39. The van der Waals surface area contributed by atoms with Crippen LogP contribution in [-0.4, -0.2) is 65.8 Å². The van der Waals surface area contributed by atoms with E-state index in [9.17, 15) is 9.59 Å². The van der Waals surface area contributed by atoms with Crippen LogP contribution < -0.4 is 4.90 Å². The molecule has 32 heavy (non-hydrogen) atoms. The van der Waals surface area contributed by atoms with Crippen LogP contribution in [0.1, 0.15) is 35.7 Å². The SMILES string of the molecule is COC/C=C1/N=C2C=C(N3CCCc4cc(C(=O)N5CC[C@H](C)C5)cnc43)C=CN2C1=O. The Morgan fingerprint density at radius 2 is 2.22 bits per heavy atom. The van der Waals surface area contributed by atoms with Crippen molar-refractivity contribution in [2.24, 2.45) is 10.9 Å². The lowest BCUT2D eigenvalue weighted by molar-refractivity contribution is -0.121. The van der Waals surface area contributed by atoms with Crippen LogP contribution in [0.25, 0.3) is 0 Å². The summed E-state index contributed by atoms with van der Waals surface area (Å²) in [5.74, 6) is 1.94. The summed E-state index contributed by atoms with van der Waals surface area (Å²) in [7, 11) is 1.58. The zero-order valence-corrected chi connectivity index (χ0v) is 18.5. The number of aromatic nitrogens is 1. The van der Waals surface area contributed by atoms with Gasteiger partial charge in [-0.15, -0.1) is 0 Å². The number of fused-ring (bicyclic) bond motifs is 2. The molecule has 1 aromatic heterocycles. The minimum Gasteiger partial charge on any atom is -0.381 e. The minimum absolute atomic E-state index is 0.0726. The van der Waals surface area contributed by atoms with Crippen molar-refractivity contribution in [1.82, 2.24) is 14.8 Å². The molecule has 2 amide bonds. The largest absolute Gasteiger partial charge is 0.381 e. The molecule has 1 saturated heterocycles. The molecule has 0 aliphatic carbocycles. The summed E-state index contributed by atoms with van der Waals surface area (Å²) >= 11 is 0. The number of ether oxygens (including phenoxy) is 1. The summed E-state index contributed by atoms with van der Waals surface area (Å²) in [5.41, 5.74) is 3.07. The second kappa shape index (κ2) is 8.35. The van der Waals surface area contributed by atoms with Crippen LogP contribution in [0.3, 0.4) is 0 Å². The normalized spacial score (nSPS) is 23.4. The smallest absolute Gasteiger partial charge is 0.281 e. The molecule has 4 aliphatic heterocycles. The lowest BCUT2D eigenvalue weighted by Gasteiger charge is -2.32. The van der Waals surface area contributed by atoms with Crippen LogP contribution in [0.5, 0.6) is 0 Å². The van der Waals surface area contributed by atoms with Gasteiger partial charge in [0, 0.05) is 50.9 Å². The number of carbonyl (C=O) groups excluding carboxylic acids is 2. The lowest BCUT2D eigenvalue weighted by Crippen LogP contribution is -2.34. The number of hydrogen-bond donors (Lipinski definition) is 0. The third-order valence-electron chi connectivity index (χ3n) is 6.33. The molecule has 5 rings (SSSR count). The van der Waals surface area contributed by atoms with Gasteiger partial charge in [-0.3, -0.25) is 14.5 Å². The number of pyridine rings is 1. The van der Waals surface area contributed by atoms with Gasteiger partial charge in [0.05, 0.1) is 12.2 Å². The lowest BCUT2D eigenvalue weighted by atomic mass is 10.0. The van der Waals surface area contributed by atoms with Crippen molar-refractivity contribution >= 4 is 23.5 Å². The van der Waals surface area contributed by atoms with E-state index in [-0.39, 0.29) is 11.8 Å². The first-order valence-electron chi connectivity index (χ1n) is 11.1. The molecule has 0 spiro atoms. The number of allylic oxidation sites excluding steroid dienone is 1. The third-order valence-corrected chi connectivity index (χ3v) is 6.33. The molecule has 1 aromatic rings. The number of likely N-dealkylation sites (tertiary alicyclic amines) is 1. The first-order chi connectivity index (χ1) is 15.5. The van der Waals surface area contributed by atoms with Crippen molar-refractivity contribution in [3.8, 4) is 0 Å². The Hall–Kier alpha value is -3.26. The highest BCUT2D eigenvalue weighted by atomic mass is 16.5. The number of hydrogen-bond acceptors (Lipinski definition) is 6. The summed E-state index contributed by atoms with van der Waals surface area (Å²) in [6.45, 7) is 4.98. The highest BCUT2D eigenvalue weighted by Gasteiger charge is 2.32. The van der Waals surface area contributed by atoms with E-state index >= 15 is 0 Å². The predicted molar refractivity (Wildman–Crippen MR) is 121 cm³/mol. The van der Waals surface area contributed by atoms with Crippen LogP contribution in [0.4, 0.5) is 5.82 Å². The van der Waals surface area contributed by atoms with Gasteiger partial charge < -0.3 is 14.5 Å². The molecule has 8 nitrogen and oxygen atoms in total. The summed E-state index contributed by atoms with van der Waals surface area (Å²) in [4.78, 5) is 40.2. The number of amidine groups is 1. The van der Waals surface area contributed by atoms with Gasteiger partial charge in [-0.05, 0) is 49.0 Å². The highest BCUT2D eigenvalue weighted by molar-refractivity contribution is 6.17. The van der Waals surface area contributed by atoms with Crippen molar-refractivity contribution in [2.75, 3.05) is 38.3 Å². The maximum absolute atomic E-state index is 12.9. The molecule has 5 heterocycles. The van der Waals surface area contributed by atoms with E-state index in [0.29, 0.717) is 29.6 Å². The van der Waals surface area contributed by atoms with Gasteiger partial charge in [0.25, 0.3) is 11.8 Å². The zero-order chi connectivity index (χ0) is 22.2. The maximum Gasteiger partial charge on any atom is 0.281 e. The summed E-state index contributed by atoms with van der Waals surface area (Å²) in [5, 5.41) is 0. The Labute approximate surface area is 187 Å². The summed E-state index contributed by atoms with van der Waals surface area (Å²) in [6, 6.07) is 2.00. The van der Waals surface area contributed by atoms with Crippen molar-refractivity contribution in [3.63, 3.8) is 0 Å². The Kier molecular flexibility index (Phi) is 5.38. The number of nitrogens with zero attached hydrogens (tertiary/aromatic N) is 5. The van der Waals surface area contributed by atoms with E-state index in [1.807, 2.05) is 23.1 Å². The fourth-order valence-corrected chi connectivity index (χ4v) is 4.63. The minimum atomic E-state index is -0.153. The monoisotopic (exact) mass is 433 g/mol. The molecule has 8 heteroatoms. The molecule has 0 bridgehead atoms. The van der Waals surface area contributed by atoms with Gasteiger partial charge in [-0.2, -0.15) is 0 Å². The zero-order valence-electron chi connectivity index (χ0n) is 18.5. The second-order valence-electron chi connectivity index (χ2n) is 8.68. The molecule has 0 N–H and O–H groups in total. The molecule has 1 atom stereocenters. The van der Waals surface area contributed by atoms with Gasteiger partial charge in [-0.25, -0.2) is 9.98 Å². The van der Waals surface area contributed by atoms with Crippen molar-refractivity contribution in [3.05, 3.63) is 59.2 Å². The molecule has 0 unspecified atom stereocenters. The number of amides is 2. The Morgan fingerprint density at radius 1 is 1.34 bits per heavy atom. The summed E-state index contributed by atoms with van der Waals surface area (Å²) in [6.07, 6.45) is 11.9. The van der Waals surface area contributed by atoms with Crippen LogP contribution in [-0.2, 0) is 16.0 Å². The first kappa shape index (κ1) is 20.6. The van der Waals surface area contributed by atoms with Crippen LogP contribution in [0.2, 0.25) is 0 Å². The van der Waals surface area contributed by atoms with E-state index in [0.717, 1.165) is 56.0 Å². The van der Waals surface area contributed by atoms with Gasteiger partial charge >= 0.3 is 0 Å². The van der Waals surface area contributed by atoms with E-state index in [2.05, 4.69) is 16.8 Å². The summed E-state index contributed by atoms with van der Waals surface area (Å²) < 4.78 is 5.03. The molecule has 0 aromatic carbocycles. The Bertz CT molecular complexity index is 1090.